The van der Waals surface area contributed by atoms with E-state index in [1.165, 1.54) is 7.11 Å². The fourth-order valence-corrected chi connectivity index (χ4v) is 3.57. The predicted molar refractivity (Wildman–Crippen MR) is 98.7 cm³/mol. The topological polar surface area (TPSA) is 84.9 Å². The minimum Gasteiger partial charge on any atom is -0.493 e. The predicted octanol–water partition coefficient (Wildman–Crippen LogP) is 3.64. The standard InChI is InChI=1S/C19H26ClNO5/c1-3-8-26-17-15(20)9-12(10-16(17)25-2)11-21-18(22)13-6-4-5-7-14(13)19(23)24/h9-10,13-14H,3-8,11H2,1-2H3,(H,21,22)(H,23,24). The number of methoxy groups -OCH3 is 1. The largest absolute Gasteiger partial charge is 0.493 e. The Morgan fingerprint density at radius 3 is 2.58 bits per heavy atom. The van der Waals surface area contributed by atoms with Crippen molar-refractivity contribution in [1.29, 1.82) is 0 Å². The van der Waals surface area contributed by atoms with Crippen LogP contribution in [0.25, 0.3) is 0 Å². The molecule has 0 radical (unpaired) electrons. The molecule has 7 heteroatoms. The van der Waals surface area contributed by atoms with Gasteiger partial charge in [0, 0.05) is 6.54 Å². The van der Waals surface area contributed by atoms with Crippen molar-refractivity contribution in [1.82, 2.24) is 5.32 Å². The van der Waals surface area contributed by atoms with Gasteiger partial charge in [-0.1, -0.05) is 31.4 Å². The molecule has 1 aromatic rings. The van der Waals surface area contributed by atoms with Crippen LogP contribution in [0.2, 0.25) is 5.02 Å². The number of rotatable bonds is 8. The number of benzene rings is 1. The lowest BCUT2D eigenvalue weighted by molar-refractivity contribution is -0.148. The molecule has 2 N–H and O–H groups in total. The van der Waals surface area contributed by atoms with Crippen LogP contribution in [0.4, 0.5) is 0 Å². The summed E-state index contributed by atoms with van der Waals surface area (Å²) < 4.78 is 11.0. The Bertz CT molecular complexity index is 649. The lowest BCUT2D eigenvalue weighted by Crippen LogP contribution is -2.39. The van der Waals surface area contributed by atoms with Crippen LogP contribution in [-0.2, 0) is 16.1 Å². The number of ether oxygens (including phenoxy) is 2. The monoisotopic (exact) mass is 383 g/mol. The van der Waals surface area contributed by atoms with E-state index >= 15 is 0 Å². The molecule has 2 rings (SSSR count). The van der Waals surface area contributed by atoms with Gasteiger partial charge in [0.15, 0.2) is 11.5 Å². The highest BCUT2D eigenvalue weighted by Crippen LogP contribution is 2.36. The number of nitrogens with one attached hydrogen (secondary N) is 1. The number of halogens is 1. The zero-order chi connectivity index (χ0) is 19.1. The first-order chi connectivity index (χ1) is 12.5. The second-order valence-corrected chi connectivity index (χ2v) is 6.92. The quantitative estimate of drug-likeness (QED) is 0.715. The maximum Gasteiger partial charge on any atom is 0.307 e. The second kappa shape index (κ2) is 9.67. The molecule has 0 saturated heterocycles. The van der Waals surface area contributed by atoms with E-state index in [9.17, 15) is 14.7 Å². The highest BCUT2D eigenvalue weighted by molar-refractivity contribution is 6.32. The molecule has 1 amide bonds. The smallest absolute Gasteiger partial charge is 0.307 e. The first kappa shape index (κ1) is 20.4. The normalized spacial score (nSPS) is 19.7. The molecule has 1 fully saturated rings. The molecule has 1 aliphatic rings. The maximum absolute atomic E-state index is 12.5. The van der Waals surface area contributed by atoms with E-state index in [0.29, 0.717) is 36.0 Å². The summed E-state index contributed by atoms with van der Waals surface area (Å²) in [7, 11) is 1.53. The van der Waals surface area contributed by atoms with Crippen LogP contribution >= 0.6 is 11.6 Å². The molecule has 144 valence electrons. The van der Waals surface area contributed by atoms with E-state index in [1.807, 2.05) is 6.92 Å². The van der Waals surface area contributed by atoms with Crippen LogP contribution in [0.5, 0.6) is 11.5 Å². The maximum atomic E-state index is 12.5. The van der Waals surface area contributed by atoms with Crippen LogP contribution in [-0.4, -0.2) is 30.7 Å². The lowest BCUT2D eigenvalue weighted by atomic mass is 9.78. The Morgan fingerprint density at radius 2 is 1.96 bits per heavy atom. The van der Waals surface area contributed by atoms with Gasteiger partial charge >= 0.3 is 5.97 Å². The van der Waals surface area contributed by atoms with Crippen molar-refractivity contribution in [2.24, 2.45) is 11.8 Å². The van der Waals surface area contributed by atoms with Crippen LogP contribution in [0.1, 0.15) is 44.6 Å². The third-order valence-corrected chi connectivity index (χ3v) is 4.91. The van der Waals surface area contributed by atoms with Crippen LogP contribution in [0.15, 0.2) is 12.1 Å². The third-order valence-electron chi connectivity index (χ3n) is 4.63. The Labute approximate surface area is 158 Å². The molecule has 0 heterocycles. The van der Waals surface area contributed by atoms with Crippen molar-refractivity contribution < 1.29 is 24.2 Å². The summed E-state index contributed by atoms with van der Waals surface area (Å²) in [6.07, 6.45) is 3.74. The van der Waals surface area contributed by atoms with E-state index in [2.05, 4.69) is 5.32 Å². The number of carbonyl (C=O) groups is 2. The van der Waals surface area contributed by atoms with Crippen LogP contribution in [0.3, 0.4) is 0 Å². The summed E-state index contributed by atoms with van der Waals surface area (Å²) in [5.74, 6) is -1.21. The van der Waals surface area contributed by atoms with Gasteiger partial charge < -0.3 is 19.9 Å². The zero-order valence-corrected chi connectivity index (χ0v) is 16.0. The van der Waals surface area contributed by atoms with Gasteiger partial charge in [-0.25, -0.2) is 0 Å². The third kappa shape index (κ3) is 5.04. The van der Waals surface area contributed by atoms with Gasteiger partial charge in [0.1, 0.15) is 0 Å². The molecule has 0 spiro atoms. The van der Waals surface area contributed by atoms with E-state index in [0.717, 1.165) is 24.8 Å². The van der Waals surface area contributed by atoms with Gasteiger partial charge in [0.2, 0.25) is 5.91 Å². The molecule has 2 unspecified atom stereocenters. The summed E-state index contributed by atoms with van der Waals surface area (Å²) in [5.41, 5.74) is 0.770. The second-order valence-electron chi connectivity index (χ2n) is 6.51. The Morgan fingerprint density at radius 1 is 1.27 bits per heavy atom. The lowest BCUT2D eigenvalue weighted by Gasteiger charge is -2.27. The van der Waals surface area contributed by atoms with Crippen molar-refractivity contribution in [3.63, 3.8) is 0 Å². The first-order valence-electron chi connectivity index (χ1n) is 8.97. The molecule has 2 atom stereocenters. The minimum atomic E-state index is -0.896. The molecule has 6 nitrogen and oxygen atoms in total. The van der Waals surface area contributed by atoms with Gasteiger partial charge in [-0.3, -0.25) is 9.59 Å². The van der Waals surface area contributed by atoms with Crippen molar-refractivity contribution >= 4 is 23.5 Å². The molecule has 26 heavy (non-hydrogen) atoms. The summed E-state index contributed by atoms with van der Waals surface area (Å²) in [6.45, 7) is 2.79. The summed E-state index contributed by atoms with van der Waals surface area (Å²) in [5, 5.41) is 12.6. The number of hydrogen-bond acceptors (Lipinski definition) is 4. The molecule has 0 aliphatic heterocycles. The Hall–Kier alpha value is -1.95. The zero-order valence-electron chi connectivity index (χ0n) is 15.2. The molecule has 1 aromatic carbocycles. The number of amides is 1. The molecular formula is C19H26ClNO5. The average molecular weight is 384 g/mol. The van der Waals surface area contributed by atoms with Gasteiger partial charge in [-0.2, -0.15) is 0 Å². The summed E-state index contributed by atoms with van der Waals surface area (Å²) in [4.78, 5) is 23.8. The average Bonchev–Trinajstić information content (AvgIpc) is 2.64. The summed E-state index contributed by atoms with van der Waals surface area (Å²) in [6, 6.07) is 3.50. The highest BCUT2D eigenvalue weighted by Gasteiger charge is 2.35. The van der Waals surface area contributed by atoms with Gasteiger partial charge in [-0.05, 0) is 37.0 Å². The Balaban J connectivity index is 2.05. The minimum absolute atomic E-state index is 0.224. The van der Waals surface area contributed by atoms with Crippen LogP contribution in [0, 0.1) is 11.8 Å². The number of aliphatic carboxylic acids is 1. The highest BCUT2D eigenvalue weighted by atomic mass is 35.5. The van der Waals surface area contributed by atoms with Gasteiger partial charge in [0.25, 0.3) is 0 Å². The molecule has 1 aliphatic carbocycles. The molecule has 0 aromatic heterocycles. The SMILES string of the molecule is CCCOc1c(Cl)cc(CNC(=O)C2CCCCC2C(=O)O)cc1OC. The summed E-state index contributed by atoms with van der Waals surface area (Å²) >= 11 is 6.28. The van der Waals surface area contributed by atoms with Crippen molar-refractivity contribution in [2.45, 2.75) is 45.6 Å². The van der Waals surface area contributed by atoms with Crippen molar-refractivity contribution in [2.75, 3.05) is 13.7 Å². The fourth-order valence-electron chi connectivity index (χ4n) is 3.28. The Kier molecular flexibility index (Phi) is 7.57. The van der Waals surface area contributed by atoms with E-state index in [4.69, 9.17) is 21.1 Å². The first-order valence-corrected chi connectivity index (χ1v) is 9.35. The number of carboxylic acid groups (broad SMARTS) is 1. The van der Waals surface area contributed by atoms with E-state index in [1.54, 1.807) is 12.1 Å². The number of hydrogen-bond donors (Lipinski definition) is 2. The van der Waals surface area contributed by atoms with E-state index < -0.39 is 17.8 Å². The fraction of sp³-hybridized carbons (Fsp3) is 0.579. The van der Waals surface area contributed by atoms with Crippen LogP contribution < -0.4 is 14.8 Å². The number of carboxylic acids is 1. The van der Waals surface area contributed by atoms with E-state index in [-0.39, 0.29) is 12.5 Å². The van der Waals surface area contributed by atoms with Gasteiger partial charge in [0.05, 0.1) is 30.6 Å². The molecule has 1 saturated carbocycles. The molecular weight excluding hydrogens is 358 g/mol. The van der Waals surface area contributed by atoms with Crippen molar-refractivity contribution in [3.05, 3.63) is 22.7 Å². The molecule has 0 bridgehead atoms. The van der Waals surface area contributed by atoms with Crippen molar-refractivity contribution in [3.8, 4) is 11.5 Å². The number of carbonyl (C=O) groups excluding carboxylic acids is 1. The van der Waals surface area contributed by atoms with Gasteiger partial charge in [-0.15, -0.1) is 0 Å².